The first-order valence-corrected chi connectivity index (χ1v) is 6.21. The average Bonchev–Trinajstić information content (AvgIpc) is 2.48. The minimum Gasteiger partial charge on any atom is -0.493 e. The Bertz CT molecular complexity index is 603. The highest BCUT2D eigenvalue weighted by Crippen LogP contribution is 2.32. The van der Waals surface area contributed by atoms with Crippen molar-refractivity contribution in [3.05, 3.63) is 53.6 Å². The second kappa shape index (κ2) is 6.12. The summed E-state index contributed by atoms with van der Waals surface area (Å²) in [5.74, 6) is 2.26. The monoisotopic (exact) mass is 273 g/mol. The Labute approximate surface area is 117 Å². The van der Waals surface area contributed by atoms with Crippen LogP contribution in [0.4, 0.5) is 0 Å². The van der Waals surface area contributed by atoms with Gasteiger partial charge in [0.2, 0.25) is 0 Å². The molecule has 0 radical (unpaired) electrons. The number of alkyl halides is 1. The Kier molecular flexibility index (Phi) is 4.27. The van der Waals surface area contributed by atoms with Gasteiger partial charge in [0, 0.05) is 11.9 Å². The van der Waals surface area contributed by atoms with Crippen molar-refractivity contribution < 1.29 is 9.47 Å². The lowest BCUT2D eigenvalue weighted by Crippen LogP contribution is -1.91. The molecular weight excluding hydrogens is 262 g/mol. The molecule has 2 aromatic carbocycles. The summed E-state index contributed by atoms with van der Waals surface area (Å²) in [7, 11) is 1.54. The fraction of sp³-hybridized carbons (Fsp3) is 0.133. The molecule has 19 heavy (non-hydrogen) atoms. The summed E-state index contributed by atoms with van der Waals surface area (Å²) < 4.78 is 10.9. The van der Waals surface area contributed by atoms with Crippen LogP contribution in [0.5, 0.6) is 17.2 Å². The lowest BCUT2D eigenvalue weighted by molar-refractivity contribution is 0.378. The Morgan fingerprint density at radius 2 is 1.84 bits per heavy atom. The number of hydrogen-bond donors (Lipinski definition) is 0. The topological polar surface area (TPSA) is 42.2 Å². The van der Waals surface area contributed by atoms with Crippen molar-refractivity contribution in [2.24, 2.45) is 0 Å². The molecule has 0 spiro atoms. The number of benzene rings is 2. The molecule has 0 N–H and O–H groups in total. The van der Waals surface area contributed by atoms with Crippen LogP contribution in [0.3, 0.4) is 0 Å². The summed E-state index contributed by atoms with van der Waals surface area (Å²) in [6.07, 6.45) is 0. The number of hydrogen-bond acceptors (Lipinski definition) is 3. The SMILES string of the molecule is COc1cc(C#N)ccc1Oc1ccc(CCl)cc1. The summed E-state index contributed by atoms with van der Waals surface area (Å²) in [6.45, 7) is 0. The number of nitrogens with zero attached hydrogens (tertiary/aromatic N) is 1. The molecule has 0 heterocycles. The molecule has 0 aliphatic carbocycles. The van der Waals surface area contributed by atoms with Gasteiger partial charge in [0.1, 0.15) is 5.75 Å². The number of ether oxygens (including phenoxy) is 2. The molecule has 96 valence electrons. The highest BCUT2D eigenvalue weighted by atomic mass is 35.5. The minimum atomic E-state index is 0.473. The smallest absolute Gasteiger partial charge is 0.169 e. The molecule has 0 saturated carbocycles. The van der Waals surface area contributed by atoms with Crippen molar-refractivity contribution >= 4 is 11.6 Å². The van der Waals surface area contributed by atoms with Crippen LogP contribution in [0.1, 0.15) is 11.1 Å². The van der Waals surface area contributed by atoms with Crippen molar-refractivity contribution in [3.8, 4) is 23.3 Å². The molecule has 0 fully saturated rings. The zero-order chi connectivity index (χ0) is 13.7. The van der Waals surface area contributed by atoms with Gasteiger partial charge in [0.25, 0.3) is 0 Å². The van der Waals surface area contributed by atoms with Crippen LogP contribution in [0.15, 0.2) is 42.5 Å². The van der Waals surface area contributed by atoms with Gasteiger partial charge in [0.05, 0.1) is 18.7 Å². The highest BCUT2D eigenvalue weighted by Gasteiger charge is 2.07. The molecule has 0 aliphatic rings. The highest BCUT2D eigenvalue weighted by molar-refractivity contribution is 6.17. The fourth-order valence-electron chi connectivity index (χ4n) is 1.60. The first kappa shape index (κ1) is 13.3. The van der Waals surface area contributed by atoms with Gasteiger partial charge in [-0.05, 0) is 29.8 Å². The molecule has 0 bridgehead atoms. The predicted molar refractivity (Wildman–Crippen MR) is 73.8 cm³/mol. The van der Waals surface area contributed by atoms with Gasteiger partial charge < -0.3 is 9.47 Å². The predicted octanol–water partition coefficient (Wildman–Crippen LogP) is 4.10. The van der Waals surface area contributed by atoms with Crippen molar-refractivity contribution in [2.45, 2.75) is 5.88 Å². The van der Waals surface area contributed by atoms with Crippen LogP contribution in [0.25, 0.3) is 0 Å². The van der Waals surface area contributed by atoms with E-state index >= 15 is 0 Å². The summed E-state index contributed by atoms with van der Waals surface area (Å²) in [5, 5.41) is 8.84. The Morgan fingerprint density at radius 3 is 2.42 bits per heavy atom. The summed E-state index contributed by atoms with van der Waals surface area (Å²) in [5.41, 5.74) is 1.56. The summed E-state index contributed by atoms with van der Waals surface area (Å²) in [6, 6.07) is 14.6. The zero-order valence-electron chi connectivity index (χ0n) is 10.4. The van der Waals surface area contributed by atoms with E-state index < -0.39 is 0 Å². The third-order valence-corrected chi connectivity index (χ3v) is 2.91. The standard InChI is InChI=1S/C15H12ClNO2/c1-18-15-8-12(10-17)4-7-14(15)19-13-5-2-11(9-16)3-6-13/h2-8H,9H2,1H3. The molecule has 0 saturated heterocycles. The average molecular weight is 274 g/mol. The van der Waals surface area contributed by atoms with Crippen LogP contribution in [-0.4, -0.2) is 7.11 Å². The van der Waals surface area contributed by atoms with E-state index in [9.17, 15) is 0 Å². The van der Waals surface area contributed by atoms with Gasteiger partial charge in [-0.3, -0.25) is 0 Å². The third kappa shape index (κ3) is 3.18. The number of halogens is 1. The quantitative estimate of drug-likeness (QED) is 0.788. The van der Waals surface area contributed by atoms with Crippen LogP contribution >= 0.6 is 11.6 Å². The van der Waals surface area contributed by atoms with Crippen LogP contribution < -0.4 is 9.47 Å². The van der Waals surface area contributed by atoms with E-state index in [0.717, 1.165) is 5.56 Å². The maximum absolute atomic E-state index is 8.84. The van der Waals surface area contributed by atoms with E-state index in [1.54, 1.807) is 25.3 Å². The van der Waals surface area contributed by atoms with Crippen molar-refractivity contribution in [1.29, 1.82) is 5.26 Å². The van der Waals surface area contributed by atoms with Crippen LogP contribution in [0, 0.1) is 11.3 Å². The number of methoxy groups -OCH3 is 1. The maximum atomic E-state index is 8.84. The molecule has 2 aromatic rings. The second-order valence-electron chi connectivity index (χ2n) is 3.86. The van der Waals surface area contributed by atoms with Crippen LogP contribution in [0.2, 0.25) is 0 Å². The largest absolute Gasteiger partial charge is 0.493 e. The second-order valence-corrected chi connectivity index (χ2v) is 4.12. The van der Waals surface area contributed by atoms with E-state index in [1.165, 1.54) is 0 Å². The summed E-state index contributed by atoms with van der Waals surface area (Å²) in [4.78, 5) is 0. The van der Waals surface area contributed by atoms with E-state index in [4.69, 9.17) is 26.3 Å². The van der Waals surface area contributed by atoms with Gasteiger partial charge in [-0.15, -0.1) is 11.6 Å². The molecular formula is C15H12ClNO2. The van der Waals surface area contributed by atoms with Gasteiger partial charge >= 0.3 is 0 Å². The number of nitriles is 1. The molecule has 0 aliphatic heterocycles. The Balaban J connectivity index is 2.24. The molecule has 0 atom stereocenters. The fourth-order valence-corrected chi connectivity index (χ4v) is 1.77. The van der Waals surface area contributed by atoms with Gasteiger partial charge in [-0.1, -0.05) is 12.1 Å². The molecule has 2 rings (SSSR count). The van der Waals surface area contributed by atoms with E-state index in [2.05, 4.69) is 6.07 Å². The van der Waals surface area contributed by atoms with Crippen LogP contribution in [-0.2, 0) is 5.88 Å². The van der Waals surface area contributed by atoms with Crippen molar-refractivity contribution in [1.82, 2.24) is 0 Å². The molecule has 0 amide bonds. The van der Waals surface area contributed by atoms with Crippen molar-refractivity contribution in [2.75, 3.05) is 7.11 Å². The van der Waals surface area contributed by atoms with Gasteiger partial charge in [0.15, 0.2) is 11.5 Å². The normalized spacial score (nSPS) is 9.74. The Morgan fingerprint density at radius 1 is 1.11 bits per heavy atom. The maximum Gasteiger partial charge on any atom is 0.169 e. The van der Waals surface area contributed by atoms with Gasteiger partial charge in [-0.2, -0.15) is 5.26 Å². The van der Waals surface area contributed by atoms with Gasteiger partial charge in [-0.25, -0.2) is 0 Å². The van der Waals surface area contributed by atoms with E-state index in [1.807, 2.05) is 24.3 Å². The molecule has 4 heteroatoms. The first-order valence-electron chi connectivity index (χ1n) is 5.67. The minimum absolute atomic E-state index is 0.473. The Hall–Kier alpha value is -2.18. The van der Waals surface area contributed by atoms with Crippen molar-refractivity contribution in [3.63, 3.8) is 0 Å². The first-order chi connectivity index (χ1) is 9.26. The molecule has 0 unspecified atom stereocenters. The lowest BCUT2D eigenvalue weighted by atomic mass is 10.2. The molecule has 3 nitrogen and oxygen atoms in total. The zero-order valence-corrected chi connectivity index (χ0v) is 11.1. The third-order valence-electron chi connectivity index (χ3n) is 2.60. The van der Waals surface area contributed by atoms with E-state index in [-0.39, 0.29) is 0 Å². The summed E-state index contributed by atoms with van der Waals surface area (Å²) >= 11 is 5.73. The molecule has 0 aromatic heterocycles. The number of rotatable bonds is 4. The lowest BCUT2D eigenvalue weighted by Gasteiger charge is -2.10. The van der Waals surface area contributed by atoms with E-state index in [0.29, 0.717) is 28.7 Å².